The number of nitrogens with one attached hydrogen (secondary N) is 1. The molecule has 2 aliphatic rings. The first-order valence-electron chi connectivity index (χ1n) is 8.97. The number of hydrogen-bond donors (Lipinski definition) is 1. The molecular weight excluding hydrogens is 332 g/mol. The first-order valence-corrected chi connectivity index (χ1v) is 9.79. The third kappa shape index (κ3) is 2.08. The molecule has 4 heterocycles. The molecule has 0 amide bonds. The van der Waals surface area contributed by atoms with Gasteiger partial charge in [-0.1, -0.05) is 6.92 Å². The Kier molecular flexibility index (Phi) is 2.72. The summed E-state index contributed by atoms with van der Waals surface area (Å²) in [4.78, 5) is 12.1. The normalized spacial score (nSPS) is 20.4. The van der Waals surface area contributed by atoms with Gasteiger partial charge in [0.2, 0.25) is 5.82 Å². The van der Waals surface area contributed by atoms with Crippen molar-refractivity contribution in [2.75, 3.05) is 0 Å². The summed E-state index contributed by atoms with van der Waals surface area (Å²) in [5, 5.41) is 13.4. The number of thiophene rings is 1. The Labute approximate surface area is 148 Å². The fourth-order valence-corrected chi connectivity index (χ4v) is 5.25. The van der Waals surface area contributed by atoms with E-state index in [-0.39, 0.29) is 0 Å². The van der Waals surface area contributed by atoms with Crippen LogP contribution in [-0.2, 0) is 12.8 Å². The maximum Gasteiger partial charge on any atom is 0.202 e. The third-order valence-electron chi connectivity index (χ3n) is 5.48. The maximum atomic E-state index is 4.84. The van der Waals surface area contributed by atoms with Gasteiger partial charge in [0.25, 0.3) is 0 Å². The molecule has 0 aromatic carbocycles. The van der Waals surface area contributed by atoms with Gasteiger partial charge in [-0.2, -0.15) is 5.10 Å². The van der Waals surface area contributed by atoms with Crippen LogP contribution in [0.3, 0.4) is 0 Å². The van der Waals surface area contributed by atoms with Crippen LogP contribution < -0.4 is 0 Å². The standard InChI is InChI=1S/C18H18N6S/c1-9-2-5-11-14(6-9)25-18-15(11)17-20-16(23-24(17)8-19-18)13-7-12(21-22-13)10-3-4-10/h7-10H,2-6H2,1H3,(H,21,22)/t9-/m1/s1. The monoisotopic (exact) mass is 350 g/mol. The van der Waals surface area contributed by atoms with Crippen molar-refractivity contribution in [3.8, 4) is 11.5 Å². The Morgan fingerprint density at radius 2 is 2.20 bits per heavy atom. The van der Waals surface area contributed by atoms with Crippen molar-refractivity contribution in [1.29, 1.82) is 0 Å². The molecule has 0 saturated heterocycles. The molecule has 0 spiro atoms. The minimum absolute atomic E-state index is 0.650. The van der Waals surface area contributed by atoms with E-state index in [9.17, 15) is 0 Å². The van der Waals surface area contributed by atoms with E-state index in [1.165, 1.54) is 40.8 Å². The summed E-state index contributed by atoms with van der Waals surface area (Å²) >= 11 is 1.83. The summed E-state index contributed by atoms with van der Waals surface area (Å²) < 4.78 is 1.81. The van der Waals surface area contributed by atoms with Gasteiger partial charge in [-0.3, -0.25) is 5.10 Å². The fraction of sp³-hybridized carbons (Fsp3) is 0.444. The number of nitrogens with zero attached hydrogens (tertiary/aromatic N) is 5. The summed E-state index contributed by atoms with van der Waals surface area (Å²) in [6.07, 6.45) is 7.81. The number of aromatic amines is 1. The van der Waals surface area contributed by atoms with Gasteiger partial charge in [0.15, 0.2) is 5.65 Å². The molecule has 25 heavy (non-hydrogen) atoms. The van der Waals surface area contributed by atoms with E-state index in [2.05, 4.69) is 33.3 Å². The Balaban J connectivity index is 1.53. The molecule has 0 unspecified atom stereocenters. The van der Waals surface area contributed by atoms with Gasteiger partial charge in [-0.25, -0.2) is 14.5 Å². The first kappa shape index (κ1) is 13.9. The van der Waals surface area contributed by atoms with E-state index in [4.69, 9.17) is 4.98 Å². The highest BCUT2D eigenvalue weighted by atomic mass is 32.1. The first-order chi connectivity index (χ1) is 12.3. The molecule has 1 N–H and O–H groups in total. The second kappa shape index (κ2) is 4.88. The van der Waals surface area contributed by atoms with Crippen LogP contribution >= 0.6 is 11.3 Å². The second-order valence-electron chi connectivity index (χ2n) is 7.46. The number of aromatic nitrogens is 6. The van der Waals surface area contributed by atoms with E-state index in [0.29, 0.717) is 11.7 Å². The number of H-pyrrole nitrogens is 1. The Hall–Kier alpha value is -2.28. The van der Waals surface area contributed by atoms with E-state index in [0.717, 1.165) is 34.9 Å². The highest BCUT2D eigenvalue weighted by Gasteiger charge is 2.27. The molecule has 126 valence electrons. The smallest absolute Gasteiger partial charge is 0.202 e. The largest absolute Gasteiger partial charge is 0.282 e. The quantitative estimate of drug-likeness (QED) is 0.598. The van der Waals surface area contributed by atoms with Crippen LogP contribution in [0.15, 0.2) is 12.4 Å². The van der Waals surface area contributed by atoms with Crippen LogP contribution in [0.25, 0.3) is 27.4 Å². The molecule has 1 fully saturated rings. The average Bonchev–Trinajstić information content (AvgIpc) is 3.06. The molecule has 0 bridgehead atoms. The van der Waals surface area contributed by atoms with Crippen LogP contribution in [-0.4, -0.2) is 29.8 Å². The van der Waals surface area contributed by atoms with E-state index in [1.807, 2.05) is 15.9 Å². The van der Waals surface area contributed by atoms with Crippen molar-refractivity contribution < 1.29 is 0 Å². The van der Waals surface area contributed by atoms with Crippen LogP contribution in [0.1, 0.15) is 48.2 Å². The predicted molar refractivity (Wildman–Crippen MR) is 96.9 cm³/mol. The highest BCUT2D eigenvalue weighted by molar-refractivity contribution is 7.19. The lowest BCUT2D eigenvalue weighted by Gasteiger charge is -2.17. The summed E-state index contributed by atoms with van der Waals surface area (Å²) in [7, 11) is 0. The Bertz CT molecular complexity index is 1120. The predicted octanol–water partition coefficient (Wildman–Crippen LogP) is 3.73. The summed E-state index contributed by atoms with van der Waals surface area (Å²) in [5.74, 6) is 2.09. The van der Waals surface area contributed by atoms with Crippen molar-refractivity contribution in [3.05, 3.63) is 28.5 Å². The Morgan fingerprint density at radius 1 is 1.28 bits per heavy atom. The van der Waals surface area contributed by atoms with Gasteiger partial charge in [-0.05, 0) is 49.7 Å². The molecule has 4 aromatic rings. The minimum Gasteiger partial charge on any atom is -0.282 e. The molecule has 6 nitrogen and oxygen atoms in total. The van der Waals surface area contributed by atoms with Gasteiger partial charge >= 0.3 is 0 Å². The van der Waals surface area contributed by atoms with E-state index in [1.54, 1.807) is 6.33 Å². The summed E-state index contributed by atoms with van der Waals surface area (Å²) in [6, 6.07) is 2.10. The fourth-order valence-electron chi connectivity index (χ4n) is 3.90. The van der Waals surface area contributed by atoms with Crippen LogP contribution in [0.2, 0.25) is 0 Å². The minimum atomic E-state index is 0.650. The van der Waals surface area contributed by atoms with Crippen molar-refractivity contribution in [2.24, 2.45) is 5.92 Å². The maximum absolute atomic E-state index is 4.84. The molecule has 4 aromatic heterocycles. The number of aryl methyl sites for hydroxylation is 1. The molecule has 1 atom stereocenters. The van der Waals surface area contributed by atoms with Crippen LogP contribution in [0, 0.1) is 5.92 Å². The van der Waals surface area contributed by atoms with Crippen LogP contribution in [0.5, 0.6) is 0 Å². The lowest BCUT2D eigenvalue weighted by molar-refractivity contribution is 0.509. The van der Waals surface area contributed by atoms with Gasteiger partial charge in [0, 0.05) is 16.5 Å². The van der Waals surface area contributed by atoms with E-state index >= 15 is 0 Å². The lowest BCUT2D eigenvalue weighted by Crippen LogP contribution is -2.08. The second-order valence-corrected chi connectivity index (χ2v) is 8.55. The van der Waals surface area contributed by atoms with Gasteiger partial charge in [0.1, 0.15) is 16.9 Å². The molecule has 2 aliphatic carbocycles. The summed E-state index contributed by atoms with van der Waals surface area (Å²) in [6.45, 7) is 2.33. The van der Waals surface area contributed by atoms with E-state index < -0.39 is 0 Å². The molecular formula is C18H18N6S. The Morgan fingerprint density at radius 3 is 3.08 bits per heavy atom. The molecule has 7 heteroatoms. The third-order valence-corrected chi connectivity index (χ3v) is 6.64. The van der Waals surface area contributed by atoms with Crippen LogP contribution in [0.4, 0.5) is 0 Å². The van der Waals surface area contributed by atoms with Crippen molar-refractivity contribution in [3.63, 3.8) is 0 Å². The molecule has 0 radical (unpaired) electrons. The topological polar surface area (TPSA) is 71.8 Å². The van der Waals surface area contributed by atoms with Crippen molar-refractivity contribution >= 4 is 27.2 Å². The van der Waals surface area contributed by atoms with Gasteiger partial charge in [0.05, 0.1) is 5.39 Å². The lowest BCUT2D eigenvalue weighted by atomic mass is 9.89. The highest BCUT2D eigenvalue weighted by Crippen LogP contribution is 2.40. The molecule has 1 saturated carbocycles. The number of rotatable bonds is 2. The molecule has 6 rings (SSSR count). The van der Waals surface area contributed by atoms with Gasteiger partial charge in [-0.15, -0.1) is 16.4 Å². The zero-order valence-electron chi connectivity index (χ0n) is 14.0. The van der Waals surface area contributed by atoms with Crippen molar-refractivity contribution in [2.45, 2.75) is 44.9 Å². The summed E-state index contributed by atoms with van der Waals surface area (Å²) in [5.41, 5.74) is 4.40. The SMILES string of the molecule is C[C@@H]1CCc2c(sc3ncn4nc(-c5cc(C6CC6)[nH]n5)nc4c23)C1. The zero-order chi connectivity index (χ0) is 16.5. The molecule has 0 aliphatic heterocycles. The van der Waals surface area contributed by atoms with Gasteiger partial charge < -0.3 is 0 Å². The number of fused-ring (bicyclic) bond motifs is 5. The number of hydrogen-bond acceptors (Lipinski definition) is 5. The average molecular weight is 350 g/mol. The zero-order valence-corrected chi connectivity index (χ0v) is 14.8. The van der Waals surface area contributed by atoms with Crippen molar-refractivity contribution in [1.82, 2.24) is 29.8 Å².